The highest BCUT2D eigenvalue weighted by Crippen LogP contribution is 2.27. The van der Waals surface area contributed by atoms with E-state index in [0.29, 0.717) is 3.57 Å². The first-order valence-electron chi connectivity index (χ1n) is 6.92. The third-order valence-electron chi connectivity index (χ3n) is 3.82. The highest BCUT2D eigenvalue weighted by molar-refractivity contribution is 14.1. The minimum atomic E-state index is -0.224. The molecule has 0 radical (unpaired) electrons. The van der Waals surface area contributed by atoms with E-state index < -0.39 is 0 Å². The van der Waals surface area contributed by atoms with Crippen LogP contribution in [0.3, 0.4) is 0 Å². The van der Waals surface area contributed by atoms with Crippen LogP contribution in [0.25, 0.3) is 11.0 Å². The minimum Gasteiger partial charge on any atom is -0.308 e. The van der Waals surface area contributed by atoms with Gasteiger partial charge in [0, 0.05) is 32.2 Å². The molecule has 114 valence electrons. The number of hydrogen-bond donors (Lipinski definition) is 0. The highest BCUT2D eigenvalue weighted by atomic mass is 127. The lowest BCUT2D eigenvalue weighted by molar-refractivity contribution is 0.287. The summed E-state index contributed by atoms with van der Waals surface area (Å²) < 4.78 is 16.5. The summed E-state index contributed by atoms with van der Waals surface area (Å²) in [6.45, 7) is 5.61. The van der Waals surface area contributed by atoms with Gasteiger partial charge in [-0.2, -0.15) is 0 Å². The van der Waals surface area contributed by atoms with Gasteiger partial charge in [-0.1, -0.05) is 0 Å². The van der Waals surface area contributed by atoms with Crippen molar-refractivity contribution >= 4 is 45.2 Å². The number of halogens is 3. The molecule has 2 heterocycles. The van der Waals surface area contributed by atoms with E-state index >= 15 is 0 Å². The third kappa shape index (κ3) is 2.85. The number of aromatic nitrogens is 2. The first kappa shape index (κ1) is 15.3. The van der Waals surface area contributed by atoms with Gasteiger partial charge in [0.05, 0.1) is 20.0 Å². The summed E-state index contributed by atoms with van der Waals surface area (Å²) in [5.74, 6) is 0.560. The number of nitrogens with zero attached hydrogens (tertiary/aromatic N) is 4. The molecule has 1 fully saturated rings. The molecule has 1 atom stereocenters. The first-order chi connectivity index (χ1) is 9.97. The van der Waals surface area contributed by atoms with E-state index in [-0.39, 0.29) is 11.2 Å². The summed E-state index contributed by atoms with van der Waals surface area (Å²) in [7, 11) is 2.11. The third-order valence-corrected chi connectivity index (χ3v) is 4.84. The molecule has 0 N–H and O–H groups in total. The van der Waals surface area contributed by atoms with Gasteiger partial charge in [-0.15, -0.1) is 11.6 Å². The maximum Gasteiger partial charge on any atom is 0.146 e. The van der Waals surface area contributed by atoms with Crippen LogP contribution in [0.1, 0.15) is 18.1 Å². The molecule has 0 spiro atoms. The Morgan fingerprint density at radius 1 is 1.29 bits per heavy atom. The highest BCUT2D eigenvalue weighted by Gasteiger charge is 2.23. The minimum absolute atomic E-state index is 0.216. The monoisotopic (exact) mass is 422 g/mol. The molecular formula is C14H17ClFIN4. The number of piperazine rings is 1. The number of fused-ring (bicyclic) bond motifs is 1. The molecule has 1 aromatic carbocycles. The number of benzene rings is 1. The van der Waals surface area contributed by atoms with Crippen LogP contribution in [-0.2, 0) is 0 Å². The average Bonchev–Trinajstić information content (AvgIpc) is 2.79. The summed E-state index contributed by atoms with van der Waals surface area (Å²) in [5.41, 5.74) is 1.59. The Hall–Kier alpha value is -0.600. The number of hydrogen-bond acceptors (Lipinski definition) is 3. The number of alkyl halides is 1. The maximum atomic E-state index is 14.0. The fourth-order valence-corrected chi connectivity index (χ4v) is 3.22. The van der Waals surface area contributed by atoms with Crippen molar-refractivity contribution in [3.63, 3.8) is 0 Å². The van der Waals surface area contributed by atoms with E-state index in [4.69, 9.17) is 11.6 Å². The Labute approximate surface area is 142 Å². The quantitative estimate of drug-likeness (QED) is 0.549. The van der Waals surface area contributed by atoms with E-state index in [1.54, 1.807) is 12.1 Å². The van der Waals surface area contributed by atoms with Crippen molar-refractivity contribution in [3.05, 3.63) is 27.3 Å². The van der Waals surface area contributed by atoms with E-state index in [9.17, 15) is 4.39 Å². The molecule has 2 aromatic rings. The summed E-state index contributed by atoms with van der Waals surface area (Å²) >= 11 is 8.28. The van der Waals surface area contributed by atoms with Crippen LogP contribution in [0.2, 0.25) is 0 Å². The molecule has 0 bridgehead atoms. The van der Waals surface area contributed by atoms with Crippen LogP contribution in [0.5, 0.6) is 0 Å². The van der Waals surface area contributed by atoms with Gasteiger partial charge in [-0.3, -0.25) is 0 Å². The zero-order valence-electron chi connectivity index (χ0n) is 12.0. The van der Waals surface area contributed by atoms with Crippen LogP contribution < -0.4 is 5.01 Å². The molecule has 1 aliphatic rings. The smallest absolute Gasteiger partial charge is 0.146 e. The van der Waals surface area contributed by atoms with Gasteiger partial charge < -0.3 is 9.91 Å². The van der Waals surface area contributed by atoms with Crippen LogP contribution in [0, 0.1) is 9.39 Å². The van der Waals surface area contributed by atoms with E-state index in [1.165, 1.54) is 0 Å². The normalized spacial score (nSPS) is 18.4. The summed E-state index contributed by atoms with van der Waals surface area (Å²) in [6, 6.07) is 3.34. The Balaban J connectivity index is 2.14. The molecule has 7 heteroatoms. The molecule has 1 unspecified atom stereocenters. The lowest BCUT2D eigenvalue weighted by Crippen LogP contribution is -2.50. The molecular weight excluding hydrogens is 406 g/mol. The van der Waals surface area contributed by atoms with Gasteiger partial charge in [-0.05, 0) is 42.6 Å². The van der Waals surface area contributed by atoms with Gasteiger partial charge in [0.25, 0.3) is 0 Å². The van der Waals surface area contributed by atoms with Gasteiger partial charge in [0.15, 0.2) is 0 Å². The van der Waals surface area contributed by atoms with Crippen molar-refractivity contribution in [3.8, 4) is 0 Å². The van der Waals surface area contributed by atoms with E-state index in [1.807, 2.05) is 34.2 Å². The molecule has 0 aliphatic carbocycles. The predicted octanol–water partition coefficient (Wildman–Crippen LogP) is 2.96. The zero-order chi connectivity index (χ0) is 15.1. The van der Waals surface area contributed by atoms with Gasteiger partial charge in [-0.25, -0.2) is 14.1 Å². The Kier molecular flexibility index (Phi) is 4.29. The SMILES string of the molecule is CC(Cl)c1nc2cc(I)c(F)cc2n1N1CCN(C)CC1. The van der Waals surface area contributed by atoms with Gasteiger partial charge >= 0.3 is 0 Å². The van der Waals surface area contributed by atoms with Crippen molar-refractivity contribution in [2.75, 3.05) is 38.2 Å². The molecule has 0 saturated carbocycles. The van der Waals surface area contributed by atoms with Crippen molar-refractivity contribution in [2.24, 2.45) is 0 Å². The van der Waals surface area contributed by atoms with Crippen molar-refractivity contribution in [1.82, 2.24) is 14.6 Å². The molecule has 3 rings (SSSR count). The number of imidazole rings is 1. The topological polar surface area (TPSA) is 24.3 Å². The molecule has 21 heavy (non-hydrogen) atoms. The van der Waals surface area contributed by atoms with Crippen LogP contribution in [0.15, 0.2) is 12.1 Å². The largest absolute Gasteiger partial charge is 0.308 e. The Bertz CT molecular complexity index is 665. The van der Waals surface area contributed by atoms with Gasteiger partial charge in [0.1, 0.15) is 11.6 Å². The second-order valence-electron chi connectivity index (χ2n) is 5.41. The zero-order valence-corrected chi connectivity index (χ0v) is 14.9. The lowest BCUT2D eigenvalue weighted by Gasteiger charge is -2.35. The molecule has 4 nitrogen and oxygen atoms in total. The molecule has 1 aliphatic heterocycles. The average molecular weight is 423 g/mol. The first-order valence-corrected chi connectivity index (χ1v) is 8.44. The predicted molar refractivity (Wildman–Crippen MR) is 92.1 cm³/mol. The maximum absolute atomic E-state index is 14.0. The van der Waals surface area contributed by atoms with E-state index in [0.717, 1.165) is 43.0 Å². The summed E-state index contributed by atoms with van der Waals surface area (Å²) in [5, 5.41) is 1.98. The Morgan fingerprint density at radius 2 is 1.95 bits per heavy atom. The van der Waals surface area contributed by atoms with Crippen LogP contribution in [0.4, 0.5) is 4.39 Å². The Morgan fingerprint density at radius 3 is 2.57 bits per heavy atom. The fraction of sp³-hybridized carbons (Fsp3) is 0.500. The second-order valence-corrected chi connectivity index (χ2v) is 7.23. The number of rotatable bonds is 2. The molecule has 1 saturated heterocycles. The lowest BCUT2D eigenvalue weighted by atomic mass is 10.3. The van der Waals surface area contributed by atoms with E-state index in [2.05, 4.69) is 21.9 Å². The second kappa shape index (κ2) is 5.89. The van der Waals surface area contributed by atoms with Gasteiger partial charge in [0.2, 0.25) is 0 Å². The van der Waals surface area contributed by atoms with Crippen LogP contribution in [-0.4, -0.2) is 47.8 Å². The fourth-order valence-electron chi connectivity index (χ4n) is 2.63. The standard InChI is InChI=1S/C14H17ClFIN4/c1-9(15)14-18-12-8-11(17)10(16)7-13(12)21(14)20-5-3-19(2)4-6-20/h7-9H,3-6H2,1-2H3. The molecule has 0 amide bonds. The van der Waals surface area contributed by atoms with Crippen molar-refractivity contribution in [1.29, 1.82) is 0 Å². The van der Waals surface area contributed by atoms with Crippen molar-refractivity contribution < 1.29 is 4.39 Å². The number of likely N-dealkylation sites (N-methyl/N-ethyl adjacent to an activating group) is 1. The van der Waals surface area contributed by atoms with Crippen LogP contribution >= 0.6 is 34.2 Å². The summed E-state index contributed by atoms with van der Waals surface area (Å²) in [6.07, 6.45) is 0. The van der Waals surface area contributed by atoms with Crippen molar-refractivity contribution in [2.45, 2.75) is 12.3 Å². The summed E-state index contributed by atoms with van der Waals surface area (Å²) in [4.78, 5) is 6.89. The molecule has 1 aromatic heterocycles.